The van der Waals surface area contributed by atoms with E-state index in [9.17, 15) is 4.79 Å². The molecular formula is C14H23NO3. The molecule has 0 saturated carbocycles. The molecular weight excluding hydrogens is 230 g/mol. The third-order valence-electron chi connectivity index (χ3n) is 3.17. The Morgan fingerprint density at radius 1 is 1.28 bits per heavy atom. The highest BCUT2D eigenvalue weighted by Gasteiger charge is 2.33. The summed E-state index contributed by atoms with van der Waals surface area (Å²) in [6.07, 6.45) is 0.887. The number of esters is 1. The van der Waals surface area contributed by atoms with E-state index in [1.165, 1.54) is 7.11 Å². The van der Waals surface area contributed by atoms with Gasteiger partial charge < -0.3 is 9.15 Å². The van der Waals surface area contributed by atoms with Gasteiger partial charge in [0, 0.05) is 10.8 Å². The van der Waals surface area contributed by atoms with E-state index in [2.05, 4.69) is 11.9 Å². The summed E-state index contributed by atoms with van der Waals surface area (Å²) in [5, 5.41) is 0. The number of rotatable bonds is 3. The van der Waals surface area contributed by atoms with Crippen molar-refractivity contribution in [2.45, 2.75) is 58.8 Å². The summed E-state index contributed by atoms with van der Waals surface area (Å²) < 4.78 is 10.4. The molecule has 0 radical (unpaired) electrons. The third kappa shape index (κ3) is 2.74. The van der Waals surface area contributed by atoms with E-state index in [0.29, 0.717) is 11.6 Å². The van der Waals surface area contributed by atoms with Gasteiger partial charge in [-0.3, -0.25) is 0 Å². The molecule has 1 aromatic rings. The number of oxazole rings is 1. The summed E-state index contributed by atoms with van der Waals surface area (Å²) in [5.74, 6) is 0.349. The SMILES string of the molecule is CCC(C)(C)c1nc(C(C)(C)C)c(C(=O)OC)o1. The Bertz CT molecular complexity index is 438. The van der Waals surface area contributed by atoms with Gasteiger partial charge in [0.05, 0.1) is 12.8 Å². The average molecular weight is 253 g/mol. The van der Waals surface area contributed by atoms with Crippen LogP contribution in [0.5, 0.6) is 0 Å². The first-order valence-electron chi connectivity index (χ1n) is 6.23. The first-order chi connectivity index (χ1) is 8.13. The van der Waals surface area contributed by atoms with Crippen molar-refractivity contribution >= 4 is 5.97 Å². The molecule has 0 fully saturated rings. The highest BCUT2D eigenvalue weighted by molar-refractivity contribution is 5.87. The number of hydrogen-bond acceptors (Lipinski definition) is 4. The molecule has 0 aliphatic rings. The van der Waals surface area contributed by atoms with E-state index in [1.807, 2.05) is 34.6 Å². The maximum absolute atomic E-state index is 11.8. The summed E-state index contributed by atoms with van der Waals surface area (Å²) in [4.78, 5) is 16.3. The number of carbonyl (C=O) groups excluding carboxylic acids is 1. The molecule has 0 bridgehead atoms. The number of methoxy groups -OCH3 is 1. The number of nitrogens with zero attached hydrogens (tertiary/aromatic N) is 1. The monoisotopic (exact) mass is 253 g/mol. The Balaban J connectivity index is 3.38. The molecule has 0 saturated heterocycles. The van der Waals surface area contributed by atoms with Crippen LogP contribution >= 0.6 is 0 Å². The molecule has 0 N–H and O–H groups in total. The summed E-state index contributed by atoms with van der Waals surface area (Å²) in [6, 6.07) is 0. The number of hydrogen-bond donors (Lipinski definition) is 0. The first kappa shape index (κ1) is 14.7. The fraction of sp³-hybridized carbons (Fsp3) is 0.714. The van der Waals surface area contributed by atoms with Crippen molar-refractivity contribution in [1.82, 2.24) is 4.98 Å². The quantitative estimate of drug-likeness (QED) is 0.774. The molecule has 0 unspecified atom stereocenters. The Hall–Kier alpha value is -1.32. The van der Waals surface area contributed by atoms with Gasteiger partial charge in [-0.25, -0.2) is 9.78 Å². The topological polar surface area (TPSA) is 52.3 Å². The van der Waals surface area contributed by atoms with Crippen LogP contribution in [-0.2, 0) is 15.6 Å². The Labute approximate surface area is 109 Å². The van der Waals surface area contributed by atoms with Gasteiger partial charge in [-0.1, -0.05) is 41.5 Å². The smallest absolute Gasteiger partial charge is 0.376 e. The van der Waals surface area contributed by atoms with Crippen LogP contribution in [0.1, 0.15) is 70.1 Å². The second kappa shape index (κ2) is 4.75. The number of aromatic nitrogens is 1. The standard InChI is InChI=1S/C14H23NO3/c1-8-14(5,6)12-15-10(13(2,3)4)9(18-12)11(16)17-7/h8H2,1-7H3. The van der Waals surface area contributed by atoms with Crippen molar-refractivity contribution in [3.8, 4) is 0 Å². The van der Waals surface area contributed by atoms with Crippen molar-refractivity contribution in [2.75, 3.05) is 7.11 Å². The normalized spacial score (nSPS) is 12.6. The van der Waals surface area contributed by atoms with Gasteiger partial charge in [-0.15, -0.1) is 0 Å². The third-order valence-corrected chi connectivity index (χ3v) is 3.17. The molecule has 0 atom stereocenters. The van der Waals surface area contributed by atoms with E-state index in [1.54, 1.807) is 0 Å². The van der Waals surface area contributed by atoms with Gasteiger partial charge in [0.1, 0.15) is 0 Å². The predicted molar refractivity (Wildman–Crippen MR) is 69.9 cm³/mol. The summed E-state index contributed by atoms with van der Waals surface area (Å²) >= 11 is 0. The number of ether oxygens (including phenoxy) is 1. The molecule has 1 rings (SSSR count). The highest BCUT2D eigenvalue weighted by Crippen LogP contribution is 2.32. The summed E-state index contributed by atoms with van der Waals surface area (Å²) in [5.41, 5.74) is 0.215. The van der Waals surface area contributed by atoms with E-state index in [-0.39, 0.29) is 16.6 Å². The second-order valence-corrected chi connectivity index (χ2v) is 6.18. The Morgan fingerprint density at radius 3 is 2.22 bits per heavy atom. The minimum Gasteiger partial charge on any atom is -0.463 e. The lowest BCUT2D eigenvalue weighted by atomic mass is 9.89. The van der Waals surface area contributed by atoms with Gasteiger partial charge in [0.15, 0.2) is 0 Å². The molecule has 0 aliphatic carbocycles. The van der Waals surface area contributed by atoms with Gasteiger partial charge >= 0.3 is 5.97 Å². The Kier molecular flexibility index (Phi) is 3.89. The molecule has 0 aliphatic heterocycles. The zero-order chi connectivity index (χ0) is 14.1. The van der Waals surface area contributed by atoms with Crippen molar-refractivity contribution in [3.63, 3.8) is 0 Å². The average Bonchev–Trinajstić information content (AvgIpc) is 2.73. The summed E-state index contributed by atoms with van der Waals surface area (Å²) in [7, 11) is 1.35. The largest absolute Gasteiger partial charge is 0.463 e. The number of carbonyl (C=O) groups is 1. The first-order valence-corrected chi connectivity index (χ1v) is 6.23. The van der Waals surface area contributed by atoms with Crippen molar-refractivity contribution in [2.24, 2.45) is 0 Å². The molecule has 18 heavy (non-hydrogen) atoms. The zero-order valence-electron chi connectivity index (χ0n) is 12.4. The van der Waals surface area contributed by atoms with Crippen LogP contribution in [0.25, 0.3) is 0 Å². The Morgan fingerprint density at radius 2 is 1.83 bits per heavy atom. The van der Waals surface area contributed by atoms with Crippen LogP contribution in [0.2, 0.25) is 0 Å². The predicted octanol–water partition coefficient (Wildman–Crippen LogP) is 3.45. The van der Waals surface area contributed by atoms with Gasteiger partial charge in [0.2, 0.25) is 11.7 Å². The van der Waals surface area contributed by atoms with Crippen LogP contribution in [0, 0.1) is 0 Å². The molecule has 102 valence electrons. The minimum atomic E-state index is -0.467. The lowest BCUT2D eigenvalue weighted by Crippen LogP contribution is -2.19. The van der Waals surface area contributed by atoms with Crippen molar-refractivity contribution < 1.29 is 13.9 Å². The lowest BCUT2D eigenvalue weighted by molar-refractivity contribution is 0.0557. The lowest BCUT2D eigenvalue weighted by Gasteiger charge is -2.18. The molecule has 1 aromatic heterocycles. The van der Waals surface area contributed by atoms with Gasteiger partial charge in [-0.05, 0) is 6.42 Å². The van der Waals surface area contributed by atoms with Gasteiger partial charge in [-0.2, -0.15) is 0 Å². The van der Waals surface area contributed by atoms with Crippen LogP contribution in [0.3, 0.4) is 0 Å². The maximum atomic E-state index is 11.8. The fourth-order valence-corrected chi connectivity index (χ4v) is 1.50. The molecule has 0 amide bonds. The van der Waals surface area contributed by atoms with E-state index in [4.69, 9.17) is 9.15 Å². The van der Waals surface area contributed by atoms with Crippen LogP contribution in [0.4, 0.5) is 0 Å². The highest BCUT2D eigenvalue weighted by atomic mass is 16.5. The maximum Gasteiger partial charge on any atom is 0.376 e. The molecule has 1 heterocycles. The molecule has 4 heteroatoms. The van der Waals surface area contributed by atoms with Crippen LogP contribution in [0.15, 0.2) is 4.42 Å². The molecule has 0 aromatic carbocycles. The molecule has 4 nitrogen and oxygen atoms in total. The van der Waals surface area contributed by atoms with E-state index < -0.39 is 5.97 Å². The molecule has 0 spiro atoms. The fourth-order valence-electron chi connectivity index (χ4n) is 1.50. The summed E-state index contributed by atoms with van der Waals surface area (Å²) in [6.45, 7) is 12.2. The minimum absolute atomic E-state index is 0.188. The van der Waals surface area contributed by atoms with E-state index in [0.717, 1.165) is 6.42 Å². The van der Waals surface area contributed by atoms with Crippen molar-refractivity contribution in [3.05, 3.63) is 17.3 Å². The van der Waals surface area contributed by atoms with Crippen molar-refractivity contribution in [1.29, 1.82) is 0 Å². The van der Waals surface area contributed by atoms with Crippen LogP contribution < -0.4 is 0 Å². The zero-order valence-corrected chi connectivity index (χ0v) is 12.4. The van der Waals surface area contributed by atoms with E-state index >= 15 is 0 Å². The van der Waals surface area contributed by atoms with Crippen LogP contribution in [-0.4, -0.2) is 18.1 Å². The second-order valence-electron chi connectivity index (χ2n) is 6.18. The van der Waals surface area contributed by atoms with Gasteiger partial charge in [0.25, 0.3) is 0 Å².